The Morgan fingerprint density at radius 1 is 1.32 bits per heavy atom. The lowest BCUT2D eigenvalue weighted by atomic mass is 9.89. The molecule has 4 nitrogen and oxygen atoms in total. The summed E-state index contributed by atoms with van der Waals surface area (Å²) >= 11 is 0. The highest BCUT2D eigenvalue weighted by Crippen LogP contribution is 2.21. The van der Waals surface area contributed by atoms with Gasteiger partial charge in [-0.05, 0) is 18.2 Å². The number of nitrogens with zero attached hydrogens (tertiary/aromatic N) is 2. The van der Waals surface area contributed by atoms with Crippen molar-refractivity contribution in [3.05, 3.63) is 53.9 Å². The SMILES string of the molecule is [B]c1cc(F)cc(F)c1-c1cn2ccc(C(=O)OC)cc2n1. The fourth-order valence-corrected chi connectivity index (χ4v) is 2.21. The molecule has 108 valence electrons. The van der Waals surface area contributed by atoms with Gasteiger partial charge >= 0.3 is 5.97 Å². The van der Waals surface area contributed by atoms with Crippen LogP contribution in [0.1, 0.15) is 10.4 Å². The molecule has 0 bridgehead atoms. The second kappa shape index (κ2) is 5.25. The minimum Gasteiger partial charge on any atom is -0.465 e. The predicted octanol–water partition coefficient (Wildman–Crippen LogP) is 1.86. The number of carbonyl (C=O) groups is 1. The van der Waals surface area contributed by atoms with Gasteiger partial charge in [0.2, 0.25) is 0 Å². The number of hydrogen-bond acceptors (Lipinski definition) is 3. The summed E-state index contributed by atoms with van der Waals surface area (Å²) in [6.45, 7) is 0. The summed E-state index contributed by atoms with van der Waals surface area (Å²) in [5, 5.41) is 0. The van der Waals surface area contributed by atoms with Crippen LogP contribution in [0.5, 0.6) is 0 Å². The summed E-state index contributed by atoms with van der Waals surface area (Å²) in [6, 6.07) is 4.83. The Labute approximate surface area is 125 Å². The number of methoxy groups -OCH3 is 1. The molecule has 0 amide bonds. The van der Waals surface area contributed by atoms with E-state index in [1.165, 1.54) is 13.2 Å². The number of rotatable bonds is 2. The average Bonchev–Trinajstić information content (AvgIpc) is 2.87. The van der Waals surface area contributed by atoms with Gasteiger partial charge in [0.05, 0.1) is 18.4 Å². The summed E-state index contributed by atoms with van der Waals surface area (Å²) < 4.78 is 33.3. The number of hydrogen-bond donors (Lipinski definition) is 0. The maximum absolute atomic E-state index is 13.9. The van der Waals surface area contributed by atoms with Gasteiger partial charge in [-0.3, -0.25) is 0 Å². The van der Waals surface area contributed by atoms with Crippen LogP contribution in [0.4, 0.5) is 8.78 Å². The first-order chi connectivity index (χ1) is 10.5. The molecule has 0 aliphatic heterocycles. The third kappa shape index (κ3) is 2.34. The topological polar surface area (TPSA) is 43.6 Å². The van der Waals surface area contributed by atoms with Gasteiger partial charge < -0.3 is 9.14 Å². The summed E-state index contributed by atoms with van der Waals surface area (Å²) in [5.41, 5.74) is 0.955. The minimum absolute atomic E-state index is 0.0183. The van der Waals surface area contributed by atoms with Crippen LogP contribution in [0.15, 0.2) is 36.7 Å². The molecule has 22 heavy (non-hydrogen) atoms. The highest BCUT2D eigenvalue weighted by molar-refractivity contribution is 6.35. The smallest absolute Gasteiger partial charge is 0.338 e. The Morgan fingerprint density at radius 2 is 2.09 bits per heavy atom. The van der Waals surface area contributed by atoms with Gasteiger partial charge in [0.25, 0.3) is 0 Å². The van der Waals surface area contributed by atoms with Crippen molar-refractivity contribution < 1.29 is 18.3 Å². The number of ether oxygens (including phenoxy) is 1. The van der Waals surface area contributed by atoms with Crippen LogP contribution in [0.3, 0.4) is 0 Å². The van der Waals surface area contributed by atoms with Crippen molar-refractivity contribution in [1.82, 2.24) is 9.38 Å². The summed E-state index contributed by atoms with van der Waals surface area (Å²) in [4.78, 5) is 15.7. The maximum Gasteiger partial charge on any atom is 0.338 e. The fraction of sp³-hybridized carbons (Fsp3) is 0.0667. The van der Waals surface area contributed by atoms with Crippen LogP contribution in [-0.2, 0) is 4.74 Å². The van der Waals surface area contributed by atoms with E-state index in [9.17, 15) is 13.6 Å². The first kappa shape index (κ1) is 14.3. The molecule has 0 aliphatic rings. The van der Waals surface area contributed by atoms with Crippen molar-refractivity contribution in [3.63, 3.8) is 0 Å². The van der Waals surface area contributed by atoms with Crippen molar-refractivity contribution in [2.24, 2.45) is 0 Å². The zero-order valence-electron chi connectivity index (χ0n) is 11.5. The van der Waals surface area contributed by atoms with Crippen molar-refractivity contribution in [3.8, 4) is 11.3 Å². The normalized spacial score (nSPS) is 10.9. The van der Waals surface area contributed by atoms with E-state index in [1.54, 1.807) is 22.9 Å². The lowest BCUT2D eigenvalue weighted by molar-refractivity contribution is 0.0600. The number of fused-ring (bicyclic) bond motifs is 1. The molecule has 0 saturated carbocycles. The Hall–Kier alpha value is -2.70. The van der Waals surface area contributed by atoms with Gasteiger partial charge in [-0.15, -0.1) is 0 Å². The molecule has 3 aromatic rings. The van der Waals surface area contributed by atoms with Crippen LogP contribution >= 0.6 is 0 Å². The molecular formula is C15H9BF2N2O2. The van der Waals surface area contributed by atoms with E-state index >= 15 is 0 Å². The summed E-state index contributed by atoms with van der Waals surface area (Å²) in [6.07, 6.45) is 3.14. The number of pyridine rings is 1. The number of carbonyl (C=O) groups excluding carboxylic acids is 1. The van der Waals surface area contributed by atoms with E-state index in [-0.39, 0.29) is 16.7 Å². The molecule has 0 fully saturated rings. The molecule has 0 atom stereocenters. The number of esters is 1. The van der Waals surface area contributed by atoms with Crippen molar-refractivity contribution in [2.75, 3.05) is 7.11 Å². The molecule has 3 rings (SSSR count). The van der Waals surface area contributed by atoms with Crippen molar-refractivity contribution in [1.29, 1.82) is 0 Å². The molecule has 1 aromatic carbocycles. The van der Waals surface area contributed by atoms with Gasteiger partial charge in [0.1, 0.15) is 25.1 Å². The Kier molecular flexibility index (Phi) is 3.40. The second-order valence-electron chi connectivity index (χ2n) is 4.65. The number of aromatic nitrogens is 2. The van der Waals surface area contributed by atoms with Crippen LogP contribution in [-0.4, -0.2) is 30.3 Å². The highest BCUT2D eigenvalue weighted by Gasteiger charge is 2.14. The Morgan fingerprint density at radius 3 is 2.77 bits per heavy atom. The van der Waals surface area contributed by atoms with E-state index in [4.69, 9.17) is 7.85 Å². The van der Waals surface area contributed by atoms with Gasteiger partial charge in [-0.2, -0.15) is 0 Å². The van der Waals surface area contributed by atoms with E-state index in [1.807, 2.05) is 0 Å². The number of benzene rings is 1. The van der Waals surface area contributed by atoms with Crippen LogP contribution < -0.4 is 5.46 Å². The van der Waals surface area contributed by atoms with Crippen LogP contribution in [0, 0.1) is 11.6 Å². The van der Waals surface area contributed by atoms with Crippen molar-refractivity contribution in [2.45, 2.75) is 0 Å². The van der Waals surface area contributed by atoms with Gasteiger partial charge in [-0.1, -0.05) is 5.46 Å². The minimum atomic E-state index is -0.797. The molecule has 0 saturated heterocycles. The standard InChI is InChI=1S/C15H9BF2N2O2/c1-22-15(21)8-2-3-20-7-12(19-13(20)4-8)14-10(16)5-9(17)6-11(14)18/h2-7H,1H3. The first-order valence-electron chi connectivity index (χ1n) is 6.31. The number of halogens is 2. The van der Waals surface area contributed by atoms with Crippen molar-refractivity contribution >= 4 is 24.9 Å². The van der Waals surface area contributed by atoms with Gasteiger partial charge in [0, 0.05) is 24.0 Å². The molecule has 0 unspecified atom stereocenters. The maximum atomic E-state index is 13.9. The lowest BCUT2D eigenvalue weighted by Crippen LogP contribution is -2.10. The monoisotopic (exact) mass is 298 g/mol. The van der Waals surface area contributed by atoms with E-state index in [0.29, 0.717) is 11.2 Å². The average molecular weight is 298 g/mol. The highest BCUT2D eigenvalue weighted by atomic mass is 19.1. The molecule has 0 spiro atoms. The Bertz CT molecular complexity index is 869. The molecule has 2 heterocycles. The zero-order valence-corrected chi connectivity index (χ0v) is 11.5. The third-order valence-corrected chi connectivity index (χ3v) is 3.22. The van der Waals surface area contributed by atoms with E-state index in [0.717, 1.165) is 12.1 Å². The number of imidazole rings is 1. The summed E-state index contributed by atoms with van der Waals surface area (Å²) in [7, 11) is 6.95. The first-order valence-corrected chi connectivity index (χ1v) is 6.31. The summed E-state index contributed by atoms with van der Waals surface area (Å²) in [5.74, 6) is -2.05. The lowest BCUT2D eigenvalue weighted by Gasteiger charge is -2.04. The fourth-order valence-electron chi connectivity index (χ4n) is 2.21. The van der Waals surface area contributed by atoms with Gasteiger partial charge in [0.15, 0.2) is 0 Å². The quantitative estimate of drug-likeness (QED) is 0.536. The molecule has 2 radical (unpaired) electrons. The molecule has 0 N–H and O–H groups in total. The largest absolute Gasteiger partial charge is 0.465 e. The zero-order chi connectivity index (χ0) is 15.9. The van der Waals surface area contributed by atoms with Gasteiger partial charge in [-0.25, -0.2) is 18.6 Å². The van der Waals surface area contributed by atoms with E-state index in [2.05, 4.69) is 9.72 Å². The predicted molar refractivity (Wildman–Crippen MR) is 77.3 cm³/mol. The third-order valence-electron chi connectivity index (χ3n) is 3.22. The molecule has 7 heteroatoms. The van der Waals surface area contributed by atoms with E-state index < -0.39 is 17.6 Å². The Balaban J connectivity index is 2.15. The molecule has 0 aliphatic carbocycles. The second-order valence-corrected chi connectivity index (χ2v) is 4.65. The molecular weight excluding hydrogens is 289 g/mol. The van der Waals surface area contributed by atoms with Crippen LogP contribution in [0.25, 0.3) is 16.9 Å². The van der Waals surface area contributed by atoms with Crippen LogP contribution in [0.2, 0.25) is 0 Å². The molecule has 2 aromatic heterocycles.